The van der Waals surface area contributed by atoms with Crippen LogP contribution in [0, 0.1) is 11.3 Å². The minimum absolute atomic E-state index is 0.113. The maximum Gasteiger partial charge on any atom is 0.341 e. The molecule has 1 amide bonds. The molecule has 1 N–H and O–H groups in total. The third kappa shape index (κ3) is 4.31. The number of fused-ring (bicyclic) bond motifs is 1. The Morgan fingerprint density at radius 3 is 2.85 bits per heavy atom. The standard InChI is InChI=1S/C19H17BrN2O4S/c1-2-25-19(24)16-13-5-3-4-6-14(13)27-18(16)22-17(23)11(10-21)9-12-7-8-15(20)26-12/h7-9H,2-6H2,1H3,(H,22,23)/b11-9+. The van der Waals surface area contributed by atoms with E-state index >= 15 is 0 Å². The monoisotopic (exact) mass is 448 g/mol. The summed E-state index contributed by atoms with van der Waals surface area (Å²) in [5.74, 6) is -0.650. The Morgan fingerprint density at radius 2 is 2.19 bits per heavy atom. The van der Waals surface area contributed by atoms with Gasteiger partial charge in [-0.3, -0.25) is 4.79 Å². The van der Waals surface area contributed by atoms with Crippen LogP contribution in [0.15, 0.2) is 26.8 Å². The Balaban J connectivity index is 1.91. The summed E-state index contributed by atoms with van der Waals surface area (Å²) in [6.07, 6.45) is 5.08. The van der Waals surface area contributed by atoms with Crippen molar-refractivity contribution >= 4 is 50.2 Å². The predicted molar refractivity (Wildman–Crippen MR) is 106 cm³/mol. The lowest BCUT2D eigenvalue weighted by Crippen LogP contribution is -2.16. The molecule has 0 aromatic carbocycles. The highest BCUT2D eigenvalue weighted by molar-refractivity contribution is 9.10. The summed E-state index contributed by atoms with van der Waals surface area (Å²) in [4.78, 5) is 26.1. The van der Waals surface area contributed by atoms with Crippen LogP contribution >= 0.6 is 27.3 Å². The van der Waals surface area contributed by atoms with E-state index in [0.29, 0.717) is 21.0 Å². The summed E-state index contributed by atoms with van der Waals surface area (Å²) >= 11 is 4.56. The average molecular weight is 449 g/mol. The van der Waals surface area contributed by atoms with Crippen molar-refractivity contribution in [3.05, 3.63) is 44.1 Å². The van der Waals surface area contributed by atoms with Crippen LogP contribution in [0.3, 0.4) is 0 Å². The van der Waals surface area contributed by atoms with Crippen LogP contribution in [0.1, 0.15) is 46.3 Å². The first-order valence-corrected chi connectivity index (χ1v) is 10.1. The summed E-state index contributed by atoms with van der Waals surface area (Å²) in [6, 6.07) is 5.19. The number of hydrogen-bond acceptors (Lipinski definition) is 6. The quantitative estimate of drug-likeness (QED) is 0.406. The lowest BCUT2D eigenvalue weighted by Gasteiger charge is -2.12. The van der Waals surface area contributed by atoms with E-state index in [-0.39, 0.29) is 12.2 Å². The maximum atomic E-state index is 12.6. The molecule has 2 aromatic heterocycles. The number of furan rings is 1. The van der Waals surface area contributed by atoms with Gasteiger partial charge >= 0.3 is 5.97 Å². The fourth-order valence-electron chi connectivity index (χ4n) is 2.94. The highest BCUT2D eigenvalue weighted by atomic mass is 79.9. The van der Waals surface area contributed by atoms with Crippen LogP contribution in [-0.2, 0) is 22.4 Å². The van der Waals surface area contributed by atoms with Gasteiger partial charge in [0.25, 0.3) is 5.91 Å². The molecule has 0 saturated heterocycles. The van der Waals surface area contributed by atoms with Gasteiger partial charge in [-0.2, -0.15) is 5.26 Å². The van der Waals surface area contributed by atoms with E-state index < -0.39 is 11.9 Å². The van der Waals surface area contributed by atoms with E-state index in [1.165, 1.54) is 17.4 Å². The first kappa shape index (κ1) is 19.4. The van der Waals surface area contributed by atoms with E-state index in [2.05, 4.69) is 21.2 Å². The zero-order valence-corrected chi connectivity index (χ0v) is 17.0. The Bertz CT molecular complexity index is 952. The zero-order valence-electron chi connectivity index (χ0n) is 14.6. The molecule has 2 heterocycles. The molecule has 0 aliphatic heterocycles. The van der Waals surface area contributed by atoms with Crippen LogP contribution in [-0.4, -0.2) is 18.5 Å². The molecular weight excluding hydrogens is 432 g/mol. The lowest BCUT2D eigenvalue weighted by atomic mass is 9.95. The molecule has 0 spiro atoms. The SMILES string of the molecule is CCOC(=O)c1c(NC(=O)/C(C#N)=C/c2ccc(Br)o2)sc2c1CCCC2. The van der Waals surface area contributed by atoms with E-state index in [4.69, 9.17) is 9.15 Å². The molecule has 3 rings (SSSR count). The van der Waals surface area contributed by atoms with Gasteiger partial charge in [0.05, 0.1) is 12.2 Å². The Morgan fingerprint density at radius 1 is 1.41 bits per heavy atom. The van der Waals surface area contributed by atoms with Crippen LogP contribution in [0.4, 0.5) is 5.00 Å². The number of hydrogen-bond donors (Lipinski definition) is 1. The van der Waals surface area contributed by atoms with Crippen LogP contribution < -0.4 is 5.32 Å². The second-order valence-electron chi connectivity index (χ2n) is 5.90. The number of nitrogens with one attached hydrogen (secondary N) is 1. The van der Waals surface area contributed by atoms with Gasteiger partial charge in [0.1, 0.15) is 22.4 Å². The normalized spacial score (nSPS) is 13.6. The molecule has 1 aliphatic carbocycles. The van der Waals surface area contributed by atoms with Gasteiger partial charge in [-0.05, 0) is 66.2 Å². The molecular formula is C19H17BrN2O4S. The second-order valence-corrected chi connectivity index (χ2v) is 7.79. The van der Waals surface area contributed by atoms with Crippen LogP contribution in [0.2, 0.25) is 0 Å². The molecule has 140 valence electrons. The van der Waals surface area contributed by atoms with E-state index in [1.807, 2.05) is 6.07 Å². The molecule has 1 aliphatic rings. The largest absolute Gasteiger partial charge is 0.462 e. The smallest absolute Gasteiger partial charge is 0.341 e. The molecule has 0 bridgehead atoms. The molecule has 0 unspecified atom stereocenters. The van der Waals surface area contributed by atoms with Crippen molar-refractivity contribution in [2.45, 2.75) is 32.6 Å². The van der Waals surface area contributed by atoms with Gasteiger partial charge in [-0.15, -0.1) is 11.3 Å². The highest BCUT2D eigenvalue weighted by Gasteiger charge is 2.27. The number of halogens is 1. The number of thiophene rings is 1. The van der Waals surface area contributed by atoms with Gasteiger partial charge in [-0.25, -0.2) is 4.79 Å². The lowest BCUT2D eigenvalue weighted by molar-refractivity contribution is -0.112. The summed E-state index contributed by atoms with van der Waals surface area (Å²) in [5, 5.41) is 12.5. The number of anilines is 1. The average Bonchev–Trinajstić information content (AvgIpc) is 3.22. The van der Waals surface area contributed by atoms with Gasteiger partial charge in [-0.1, -0.05) is 0 Å². The Hall–Kier alpha value is -2.37. The third-order valence-electron chi connectivity index (χ3n) is 4.12. The summed E-state index contributed by atoms with van der Waals surface area (Å²) < 4.78 is 11.0. The van der Waals surface area contributed by atoms with Crippen molar-refractivity contribution in [2.75, 3.05) is 11.9 Å². The van der Waals surface area contributed by atoms with E-state index in [9.17, 15) is 14.9 Å². The Kier molecular flexibility index (Phi) is 6.14. The Labute approximate surface area is 168 Å². The number of rotatable bonds is 5. The predicted octanol–water partition coefficient (Wildman–Crippen LogP) is 4.70. The van der Waals surface area contributed by atoms with Gasteiger partial charge < -0.3 is 14.5 Å². The first-order valence-electron chi connectivity index (χ1n) is 8.53. The molecule has 27 heavy (non-hydrogen) atoms. The van der Waals surface area contributed by atoms with Gasteiger partial charge in [0, 0.05) is 11.0 Å². The number of carbonyl (C=O) groups excluding carboxylic acids is 2. The summed E-state index contributed by atoms with van der Waals surface area (Å²) in [5.41, 5.74) is 1.26. The van der Waals surface area contributed by atoms with Crippen LogP contribution in [0.5, 0.6) is 0 Å². The van der Waals surface area contributed by atoms with Crippen molar-refractivity contribution in [3.8, 4) is 6.07 Å². The number of carbonyl (C=O) groups is 2. The van der Waals surface area contributed by atoms with Crippen molar-refractivity contribution in [2.24, 2.45) is 0 Å². The zero-order chi connectivity index (χ0) is 19.4. The highest BCUT2D eigenvalue weighted by Crippen LogP contribution is 2.38. The van der Waals surface area contributed by atoms with Crippen LogP contribution in [0.25, 0.3) is 6.08 Å². The number of nitrogens with zero attached hydrogens (tertiary/aromatic N) is 1. The number of esters is 1. The molecule has 6 nitrogen and oxygen atoms in total. The van der Waals surface area contributed by atoms with Crippen molar-refractivity contribution in [1.29, 1.82) is 5.26 Å². The fraction of sp³-hybridized carbons (Fsp3) is 0.316. The summed E-state index contributed by atoms with van der Waals surface area (Å²) in [6.45, 7) is 2.00. The second kappa shape index (κ2) is 8.55. The molecule has 0 fully saturated rings. The minimum Gasteiger partial charge on any atom is -0.462 e. The minimum atomic E-state index is -0.589. The van der Waals surface area contributed by atoms with Gasteiger partial charge in [0.2, 0.25) is 0 Å². The maximum absolute atomic E-state index is 12.6. The topological polar surface area (TPSA) is 92.3 Å². The molecule has 0 radical (unpaired) electrons. The molecule has 0 saturated carbocycles. The van der Waals surface area contributed by atoms with Crippen molar-refractivity contribution < 1.29 is 18.7 Å². The number of nitriles is 1. The van der Waals surface area contributed by atoms with Gasteiger partial charge in [0.15, 0.2) is 4.67 Å². The number of amides is 1. The molecule has 2 aromatic rings. The van der Waals surface area contributed by atoms with Crippen molar-refractivity contribution in [1.82, 2.24) is 0 Å². The first-order chi connectivity index (χ1) is 13.0. The number of aryl methyl sites for hydroxylation is 1. The molecule has 8 heteroatoms. The fourth-order valence-corrected chi connectivity index (χ4v) is 4.53. The third-order valence-corrected chi connectivity index (χ3v) is 5.76. The van der Waals surface area contributed by atoms with E-state index in [0.717, 1.165) is 36.1 Å². The molecule has 0 atom stereocenters. The summed E-state index contributed by atoms with van der Waals surface area (Å²) in [7, 11) is 0. The number of ether oxygens (including phenoxy) is 1. The van der Waals surface area contributed by atoms with Crippen molar-refractivity contribution in [3.63, 3.8) is 0 Å². The van der Waals surface area contributed by atoms with E-state index in [1.54, 1.807) is 19.1 Å².